The van der Waals surface area contributed by atoms with E-state index >= 15 is 0 Å². The van der Waals surface area contributed by atoms with E-state index in [2.05, 4.69) is 40.0 Å². The molecular weight excluding hydrogens is 516 g/mol. The van der Waals surface area contributed by atoms with Crippen LogP contribution in [-0.2, 0) is 0 Å². The molecule has 41 heavy (non-hydrogen) atoms. The second-order valence-corrected chi connectivity index (χ2v) is 10.7. The van der Waals surface area contributed by atoms with Gasteiger partial charge in [-0.15, -0.1) is 0 Å². The molecule has 0 spiro atoms. The van der Waals surface area contributed by atoms with Crippen molar-refractivity contribution in [1.29, 1.82) is 0 Å². The summed E-state index contributed by atoms with van der Waals surface area (Å²) in [4.78, 5) is 39.3. The van der Waals surface area contributed by atoms with Gasteiger partial charge in [0.15, 0.2) is 5.82 Å². The number of carbonyl (C=O) groups is 2. The summed E-state index contributed by atoms with van der Waals surface area (Å²) in [7, 11) is 0. The summed E-state index contributed by atoms with van der Waals surface area (Å²) in [5.74, 6) is 1.79. The topological polar surface area (TPSA) is 81.2 Å². The lowest BCUT2D eigenvalue weighted by Crippen LogP contribution is -2.49. The Kier molecular flexibility index (Phi) is 8.91. The number of piperazine rings is 2. The van der Waals surface area contributed by atoms with Gasteiger partial charge in [-0.3, -0.25) is 9.59 Å². The number of ether oxygens (including phenoxy) is 1. The van der Waals surface area contributed by atoms with Crippen molar-refractivity contribution in [2.75, 3.05) is 74.1 Å². The summed E-state index contributed by atoms with van der Waals surface area (Å²) in [6, 6.07) is 19.4. The van der Waals surface area contributed by atoms with E-state index < -0.39 is 0 Å². The van der Waals surface area contributed by atoms with Gasteiger partial charge < -0.3 is 29.7 Å². The third-order valence-electron chi connectivity index (χ3n) is 7.55. The third kappa shape index (κ3) is 6.56. The van der Waals surface area contributed by atoms with Crippen LogP contribution in [0.15, 0.2) is 66.9 Å². The molecule has 1 N–H and O–H groups in total. The van der Waals surface area contributed by atoms with Crippen LogP contribution in [0.5, 0.6) is 5.75 Å². The summed E-state index contributed by atoms with van der Waals surface area (Å²) in [5.41, 5.74) is 3.29. The van der Waals surface area contributed by atoms with Gasteiger partial charge in [-0.1, -0.05) is 12.1 Å². The molecule has 0 radical (unpaired) electrons. The summed E-state index contributed by atoms with van der Waals surface area (Å²) < 4.78 is 5.79. The molecule has 2 aromatic carbocycles. The van der Waals surface area contributed by atoms with Gasteiger partial charge in [0.05, 0.1) is 18.0 Å². The molecule has 0 aliphatic carbocycles. The molecule has 9 nitrogen and oxygen atoms in total. The van der Waals surface area contributed by atoms with Crippen LogP contribution >= 0.6 is 0 Å². The van der Waals surface area contributed by atoms with E-state index in [1.807, 2.05) is 53.3 Å². The maximum Gasteiger partial charge on any atom is 0.253 e. The van der Waals surface area contributed by atoms with Crippen LogP contribution in [-0.4, -0.2) is 91.6 Å². The Morgan fingerprint density at radius 1 is 0.780 bits per heavy atom. The van der Waals surface area contributed by atoms with Crippen molar-refractivity contribution in [2.24, 2.45) is 0 Å². The van der Waals surface area contributed by atoms with Crippen LogP contribution < -0.4 is 19.9 Å². The predicted octanol–water partition coefficient (Wildman–Crippen LogP) is 4.23. The van der Waals surface area contributed by atoms with Crippen molar-refractivity contribution in [3.8, 4) is 5.75 Å². The fraction of sp³-hybridized carbons (Fsp3) is 0.406. The van der Waals surface area contributed by atoms with E-state index in [1.165, 1.54) is 0 Å². The highest BCUT2D eigenvalue weighted by Crippen LogP contribution is 2.29. The van der Waals surface area contributed by atoms with Crippen LogP contribution in [0.3, 0.4) is 0 Å². The van der Waals surface area contributed by atoms with E-state index in [4.69, 9.17) is 4.74 Å². The third-order valence-corrected chi connectivity index (χ3v) is 7.55. The molecule has 0 bridgehead atoms. The molecule has 2 aliphatic heterocycles. The molecule has 0 saturated carbocycles. The second-order valence-electron chi connectivity index (χ2n) is 10.7. The number of para-hydroxylation sites is 2. The number of hydrogen-bond acceptors (Lipinski definition) is 7. The molecule has 2 aliphatic rings. The Bertz CT molecular complexity index is 1330. The maximum absolute atomic E-state index is 13.3. The van der Waals surface area contributed by atoms with E-state index in [0.717, 1.165) is 36.0 Å². The molecule has 5 rings (SSSR count). The highest BCUT2D eigenvalue weighted by molar-refractivity contribution is 5.98. The number of carbonyl (C=O) groups excluding carboxylic acids is 2. The van der Waals surface area contributed by atoms with Gasteiger partial charge in [0.25, 0.3) is 11.8 Å². The zero-order valence-corrected chi connectivity index (χ0v) is 24.3. The Hall–Kier alpha value is -4.27. The number of rotatable bonds is 8. The van der Waals surface area contributed by atoms with Gasteiger partial charge in [-0.05, 0) is 69.3 Å². The highest BCUT2D eigenvalue weighted by Gasteiger charge is 2.26. The Morgan fingerprint density at radius 3 is 1.90 bits per heavy atom. The van der Waals surface area contributed by atoms with Crippen LogP contribution in [0.2, 0.25) is 0 Å². The van der Waals surface area contributed by atoms with Gasteiger partial charge in [-0.25, -0.2) is 4.98 Å². The molecule has 2 fully saturated rings. The molecule has 0 unspecified atom stereocenters. The molecule has 3 aromatic rings. The molecule has 0 atom stereocenters. The van der Waals surface area contributed by atoms with E-state index in [-0.39, 0.29) is 11.8 Å². The molecule has 2 saturated heterocycles. The average Bonchev–Trinajstić information content (AvgIpc) is 3.01. The molecule has 3 heterocycles. The zero-order valence-electron chi connectivity index (χ0n) is 24.3. The zero-order chi connectivity index (χ0) is 28.8. The lowest BCUT2D eigenvalue weighted by molar-refractivity contribution is 0.0734. The summed E-state index contributed by atoms with van der Waals surface area (Å²) >= 11 is 0. The van der Waals surface area contributed by atoms with Gasteiger partial charge in [0.1, 0.15) is 5.75 Å². The van der Waals surface area contributed by atoms with Gasteiger partial charge in [0.2, 0.25) is 0 Å². The maximum atomic E-state index is 13.3. The van der Waals surface area contributed by atoms with Crippen molar-refractivity contribution in [1.82, 2.24) is 14.8 Å². The quantitative estimate of drug-likeness (QED) is 0.445. The van der Waals surface area contributed by atoms with E-state index in [0.29, 0.717) is 63.0 Å². The Morgan fingerprint density at radius 2 is 1.34 bits per heavy atom. The van der Waals surface area contributed by atoms with Crippen LogP contribution in [0, 0.1) is 0 Å². The van der Waals surface area contributed by atoms with E-state index in [1.54, 1.807) is 24.3 Å². The molecule has 216 valence electrons. The first kappa shape index (κ1) is 28.3. The standard InChI is InChI=1S/C32H40N6O3/c1-4-41-29-10-6-5-9-28(29)35-16-20-37(21-17-35)31(39)25-11-13-26(14-12-25)32(40)38-22-18-36(19-23-38)30-27(34-24(2)3)8-7-15-33-30/h5-15,24,34H,4,16-23H2,1-3H3. The van der Waals surface area contributed by atoms with Gasteiger partial charge >= 0.3 is 0 Å². The largest absolute Gasteiger partial charge is 0.492 e. The predicted molar refractivity (Wildman–Crippen MR) is 163 cm³/mol. The first-order valence-corrected chi connectivity index (χ1v) is 14.6. The van der Waals surface area contributed by atoms with Crippen LogP contribution in [0.25, 0.3) is 0 Å². The fourth-order valence-corrected chi connectivity index (χ4v) is 5.46. The number of nitrogens with zero attached hydrogens (tertiary/aromatic N) is 5. The van der Waals surface area contributed by atoms with Crippen molar-refractivity contribution < 1.29 is 14.3 Å². The molecule has 1 aromatic heterocycles. The van der Waals surface area contributed by atoms with Crippen LogP contribution in [0.1, 0.15) is 41.5 Å². The molecule has 9 heteroatoms. The monoisotopic (exact) mass is 556 g/mol. The normalized spacial score (nSPS) is 15.7. The molecule has 2 amide bonds. The Labute approximate surface area is 242 Å². The van der Waals surface area contributed by atoms with Crippen molar-refractivity contribution >= 4 is 29.0 Å². The minimum Gasteiger partial charge on any atom is -0.492 e. The van der Waals surface area contributed by atoms with Crippen molar-refractivity contribution in [3.05, 3.63) is 78.0 Å². The van der Waals surface area contributed by atoms with Crippen molar-refractivity contribution in [2.45, 2.75) is 26.8 Å². The number of aromatic nitrogens is 1. The average molecular weight is 557 g/mol. The lowest BCUT2D eigenvalue weighted by atomic mass is 10.1. The Balaban J connectivity index is 1.15. The SMILES string of the molecule is CCOc1ccccc1N1CCN(C(=O)c2ccc(C(=O)N3CCN(c4ncccc4NC(C)C)CC3)cc2)CC1. The first-order valence-electron chi connectivity index (χ1n) is 14.6. The number of amides is 2. The second kappa shape index (κ2) is 12.9. The van der Waals surface area contributed by atoms with Gasteiger partial charge in [-0.2, -0.15) is 0 Å². The number of hydrogen-bond donors (Lipinski definition) is 1. The summed E-state index contributed by atoms with van der Waals surface area (Å²) in [6.07, 6.45) is 1.81. The fourth-order valence-electron chi connectivity index (χ4n) is 5.46. The number of anilines is 3. The summed E-state index contributed by atoms with van der Waals surface area (Å²) in [6.45, 7) is 12.2. The lowest BCUT2D eigenvalue weighted by Gasteiger charge is -2.37. The van der Waals surface area contributed by atoms with Crippen LogP contribution in [0.4, 0.5) is 17.2 Å². The first-order chi connectivity index (χ1) is 19.9. The number of benzene rings is 2. The minimum atomic E-state index is -0.00761. The highest BCUT2D eigenvalue weighted by atomic mass is 16.5. The minimum absolute atomic E-state index is 0.00321. The molecular formula is C32H40N6O3. The summed E-state index contributed by atoms with van der Waals surface area (Å²) in [5, 5.41) is 3.46. The smallest absolute Gasteiger partial charge is 0.253 e. The van der Waals surface area contributed by atoms with Gasteiger partial charge in [0, 0.05) is 75.7 Å². The van der Waals surface area contributed by atoms with E-state index in [9.17, 15) is 9.59 Å². The number of nitrogens with one attached hydrogen (secondary N) is 1. The number of pyridine rings is 1. The van der Waals surface area contributed by atoms with Crippen molar-refractivity contribution in [3.63, 3.8) is 0 Å².